The normalized spacial score (nSPS) is 13.2. The molecule has 0 aromatic rings. The molecular formula is C11H18O3. The van der Waals surface area contributed by atoms with E-state index >= 15 is 0 Å². The van der Waals surface area contributed by atoms with Crippen molar-refractivity contribution in [2.24, 2.45) is 5.41 Å². The molecule has 0 aromatic carbocycles. The first-order valence-corrected chi connectivity index (χ1v) is 4.57. The molecule has 0 rings (SSSR count). The summed E-state index contributed by atoms with van der Waals surface area (Å²) in [5, 5.41) is 0. The van der Waals surface area contributed by atoms with Crippen molar-refractivity contribution >= 4 is 12.3 Å². The Balaban J connectivity index is 4.22. The molecule has 0 atom stereocenters. The van der Waals surface area contributed by atoms with E-state index in [1.54, 1.807) is 34.6 Å². The molecule has 0 radical (unpaired) electrons. The first kappa shape index (κ1) is 12.9. The first-order chi connectivity index (χ1) is 6.29. The summed E-state index contributed by atoms with van der Waals surface area (Å²) in [7, 11) is 0. The zero-order chi connectivity index (χ0) is 11.4. The number of allylic oxidation sites excluding steroid dienone is 1. The van der Waals surface area contributed by atoms with Crippen LogP contribution in [0.2, 0.25) is 0 Å². The Bertz CT molecular complexity index is 256. The Kier molecular flexibility index (Phi) is 4.54. The topological polar surface area (TPSA) is 43.4 Å². The second kappa shape index (κ2) is 4.94. The fourth-order valence-corrected chi connectivity index (χ4v) is 0.605. The molecule has 0 aliphatic rings. The van der Waals surface area contributed by atoms with Gasteiger partial charge in [-0.3, -0.25) is 9.59 Å². The number of rotatable bonds is 3. The van der Waals surface area contributed by atoms with Gasteiger partial charge in [-0.05, 0) is 45.8 Å². The summed E-state index contributed by atoms with van der Waals surface area (Å²) in [6, 6.07) is 0. The number of esters is 1. The molecule has 0 amide bonds. The minimum Gasteiger partial charge on any atom is -0.461 e. The molecule has 0 bridgehead atoms. The zero-order valence-electron chi connectivity index (χ0n) is 9.51. The molecule has 0 aromatic heterocycles. The smallest absolute Gasteiger partial charge is 0.311 e. The maximum atomic E-state index is 11.3. The molecule has 0 spiro atoms. The average molecular weight is 198 g/mol. The third-order valence-corrected chi connectivity index (χ3v) is 1.88. The van der Waals surface area contributed by atoms with Crippen LogP contribution in [-0.2, 0) is 14.3 Å². The number of carbonyl (C=O) groups excluding carboxylic acids is 2. The molecule has 0 aliphatic heterocycles. The van der Waals surface area contributed by atoms with Gasteiger partial charge < -0.3 is 4.74 Å². The predicted octanol–water partition coefficient (Wildman–Crippen LogP) is 2.11. The Labute approximate surface area is 85.1 Å². The Morgan fingerprint density at radius 3 is 2.14 bits per heavy atom. The van der Waals surface area contributed by atoms with E-state index in [0.29, 0.717) is 5.57 Å². The van der Waals surface area contributed by atoms with Crippen LogP contribution in [0.15, 0.2) is 11.1 Å². The van der Waals surface area contributed by atoms with Gasteiger partial charge in [0.15, 0.2) is 0 Å². The summed E-state index contributed by atoms with van der Waals surface area (Å²) in [4.78, 5) is 21.7. The number of hydrogen-bond acceptors (Lipinski definition) is 3. The number of carbonyl (C=O) groups is 2. The van der Waals surface area contributed by atoms with Crippen molar-refractivity contribution in [3.63, 3.8) is 0 Å². The van der Waals surface area contributed by atoms with E-state index < -0.39 is 5.41 Å². The van der Waals surface area contributed by atoms with Crippen molar-refractivity contribution in [1.29, 1.82) is 0 Å². The lowest BCUT2D eigenvalue weighted by Crippen LogP contribution is -2.23. The van der Waals surface area contributed by atoms with Gasteiger partial charge in [-0.1, -0.05) is 0 Å². The van der Waals surface area contributed by atoms with Crippen molar-refractivity contribution in [2.45, 2.75) is 34.6 Å². The lowest BCUT2D eigenvalue weighted by atomic mass is 9.97. The van der Waals surface area contributed by atoms with Gasteiger partial charge in [0.25, 0.3) is 0 Å². The molecule has 0 saturated carbocycles. The van der Waals surface area contributed by atoms with Crippen LogP contribution in [0.1, 0.15) is 34.6 Å². The van der Waals surface area contributed by atoms with Crippen LogP contribution >= 0.6 is 0 Å². The molecule has 0 unspecified atom stereocenters. The first-order valence-electron chi connectivity index (χ1n) is 4.57. The van der Waals surface area contributed by atoms with Gasteiger partial charge in [0.1, 0.15) is 12.9 Å². The third kappa shape index (κ3) is 4.21. The Hall–Kier alpha value is -1.12. The molecule has 0 aliphatic carbocycles. The van der Waals surface area contributed by atoms with Crippen molar-refractivity contribution in [3.05, 3.63) is 11.1 Å². The van der Waals surface area contributed by atoms with E-state index in [0.717, 1.165) is 11.9 Å². The molecule has 14 heavy (non-hydrogen) atoms. The van der Waals surface area contributed by atoms with Crippen LogP contribution in [0.25, 0.3) is 0 Å². The summed E-state index contributed by atoms with van der Waals surface area (Å²) in [5.41, 5.74) is 0.916. The monoisotopic (exact) mass is 198 g/mol. The zero-order valence-corrected chi connectivity index (χ0v) is 9.51. The lowest BCUT2D eigenvalue weighted by Gasteiger charge is -2.16. The highest BCUT2D eigenvalue weighted by Gasteiger charge is 2.22. The highest BCUT2D eigenvalue weighted by Crippen LogP contribution is 2.15. The molecule has 0 fully saturated rings. The van der Waals surface area contributed by atoms with Gasteiger partial charge in [-0.2, -0.15) is 0 Å². The Morgan fingerprint density at radius 1 is 1.29 bits per heavy atom. The summed E-state index contributed by atoms with van der Waals surface area (Å²) < 4.78 is 5.04. The lowest BCUT2D eigenvalue weighted by molar-refractivity contribution is -0.151. The maximum Gasteiger partial charge on any atom is 0.311 e. The minimum atomic E-state index is -0.491. The largest absolute Gasteiger partial charge is 0.461 e. The van der Waals surface area contributed by atoms with Crippen molar-refractivity contribution in [3.8, 4) is 0 Å². The van der Waals surface area contributed by atoms with Crippen LogP contribution in [0, 0.1) is 5.41 Å². The highest BCUT2D eigenvalue weighted by atomic mass is 16.5. The molecule has 3 heteroatoms. The molecule has 0 heterocycles. The van der Waals surface area contributed by atoms with E-state index in [2.05, 4.69) is 0 Å². The average Bonchev–Trinajstić information content (AvgIpc) is 2.10. The van der Waals surface area contributed by atoms with Gasteiger partial charge in [0.05, 0.1) is 5.41 Å². The van der Waals surface area contributed by atoms with Crippen molar-refractivity contribution < 1.29 is 14.3 Å². The van der Waals surface area contributed by atoms with E-state index in [1.165, 1.54) is 0 Å². The Morgan fingerprint density at radius 2 is 1.79 bits per heavy atom. The number of ether oxygens (including phenoxy) is 1. The molecule has 0 N–H and O–H groups in total. The van der Waals surface area contributed by atoms with Crippen molar-refractivity contribution in [2.75, 3.05) is 6.61 Å². The van der Waals surface area contributed by atoms with Gasteiger partial charge in [0, 0.05) is 0 Å². The van der Waals surface area contributed by atoms with Gasteiger partial charge >= 0.3 is 5.97 Å². The van der Waals surface area contributed by atoms with Crippen LogP contribution in [0.3, 0.4) is 0 Å². The van der Waals surface area contributed by atoms with E-state index in [4.69, 9.17) is 4.74 Å². The fraction of sp³-hybridized carbons (Fsp3) is 0.636. The number of hydrogen-bond donors (Lipinski definition) is 0. The van der Waals surface area contributed by atoms with Crippen LogP contribution in [-0.4, -0.2) is 18.9 Å². The van der Waals surface area contributed by atoms with E-state index in [-0.39, 0.29) is 12.6 Å². The van der Waals surface area contributed by atoms with Crippen LogP contribution in [0.4, 0.5) is 0 Å². The highest BCUT2D eigenvalue weighted by molar-refractivity contribution is 5.76. The SMILES string of the molecule is C/C(C=O)=C(/C)COC(=O)C(C)(C)C. The molecular weight excluding hydrogens is 180 g/mol. The number of aldehydes is 1. The minimum absolute atomic E-state index is 0.195. The molecule has 0 saturated heterocycles. The molecule has 80 valence electrons. The molecule has 3 nitrogen and oxygen atoms in total. The summed E-state index contributed by atoms with van der Waals surface area (Å²) in [5.74, 6) is -0.254. The van der Waals surface area contributed by atoms with E-state index in [9.17, 15) is 9.59 Å². The predicted molar refractivity (Wildman–Crippen MR) is 54.9 cm³/mol. The maximum absolute atomic E-state index is 11.3. The van der Waals surface area contributed by atoms with Crippen LogP contribution in [0.5, 0.6) is 0 Å². The summed E-state index contributed by atoms with van der Waals surface area (Å²) >= 11 is 0. The standard InChI is InChI=1S/C11H18O3/c1-8(6-12)9(2)7-14-10(13)11(3,4)5/h6H,7H2,1-5H3/b9-8+. The third-order valence-electron chi connectivity index (χ3n) is 1.88. The van der Waals surface area contributed by atoms with Gasteiger partial charge in [0.2, 0.25) is 0 Å². The quantitative estimate of drug-likeness (QED) is 0.396. The van der Waals surface area contributed by atoms with Gasteiger partial charge in [-0.15, -0.1) is 0 Å². The van der Waals surface area contributed by atoms with Crippen molar-refractivity contribution in [1.82, 2.24) is 0 Å². The van der Waals surface area contributed by atoms with Crippen LogP contribution < -0.4 is 0 Å². The summed E-state index contributed by atoms with van der Waals surface area (Å²) in [6.45, 7) is 9.05. The van der Waals surface area contributed by atoms with Gasteiger partial charge in [-0.25, -0.2) is 0 Å². The fourth-order valence-electron chi connectivity index (χ4n) is 0.605. The second-order valence-electron chi connectivity index (χ2n) is 4.41. The van der Waals surface area contributed by atoms with E-state index in [1.807, 2.05) is 0 Å². The summed E-state index contributed by atoms with van der Waals surface area (Å²) in [6.07, 6.45) is 0.764. The second-order valence-corrected chi connectivity index (χ2v) is 4.41.